The maximum atomic E-state index is 10.9. The molecule has 102 valence electrons. The molecule has 1 nitrogen and oxygen atoms in total. The second-order valence-electron chi connectivity index (χ2n) is 4.84. The van der Waals surface area contributed by atoms with Crippen LogP contribution in [0.25, 0.3) is 10.1 Å². The molecule has 0 saturated carbocycles. The summed E-state index contributed by atoms with van der Waals surface area (Å²) in [5, 5.41) is 13.1. The highest BCUT2D eigenvalue weighted by atomic mass is 35.5. The van der Waals surface area contributed by atoms with Crippen molar-refractivity contribution in [1.29, 1.82) is 0 Å². The smallest absolute Gasteiger partial charge is 0.122 e. The number of thiophene rings is 1. The molecular weight excluding hydrogens is 311 g/mol. The topological polar surface area (TPSA) is 20.2 Å². The number of rotatable bonds is 2. The van der Waals surface area contributed by atoms with Crippen LogP contribution in [0.5, 0.6) is 0 Å². The molecule has 3 rings (SSSR count). The zero-order valence-corrected chi connectivity index (χ0v) is 13.1. The Balaban J connectivity index is 2.17. The van der Waals surface area contributed by atoms with Crippen molar-refractivity contribution in [2.45, 2.75) is 12.5 Å². The third kappa shape index (κ3) is 2.33. The van der Waals surface area contributed by atoms with Crippen LogP contribution in [0.3, 0.4) is 0 Å². The van der Waals surface area contributed by atoms with E-state index in [4.69, 9.17) is 23.2 Å². The van der Waals surface area contributed by atoms with Gasteiger partial charge in [0.15, 0.2) is 0 Å². The molecule has 3 aromatic rings. The second-order valence-corrected chi connectivity index (χ2v) is 6.77. The summed E-state index contributed by atoms with van der Waals surface area (Å²) in [4.78, 5) is 0.850. The normalized spacial score (nSPS) is 14.4. The molecule has 1 unspecified atom stereocenters. The standard InChI is InChI=1S/C16H12Cl2OS/c1-16(19,12-9-11(17)6-7-13(12)18)15-8-10-4-2-3-5-14(10)20-15/h2-9,19H,1H3. The summed E-state index contributed by atoms with van der Waals surface area (Å²) in [7, 11) is 0. The summed E-state index contributed by atoms with van der Waals surface area (Å²) in [6.07, 6.45) is 0. The van der Waals surface area contributed by atoms with Gasteiger partial charge in [-0.2, -0.15) is 0 Å². The Kier molecular flexibility index (Phi) is 3.51. The van der Waals surface area contributed by atoms with E-state index in [0.29, 0.717) is 15.6 Å². The molecule has 1 aromatic heterocycles. The fraction of sp³-hybridized carbons (Fsp3) is 0.125. The molecule has 1 atom stereocenters. The van der Waals surface area contributed by atoms with Crippen LogP contribution in [-0.2, 0) is 5.60 Å². The maximum absolute atomic E-state index is 10.9. The van der Waals surface area contributed by atoms with Crippen LogP contribution in [0.4, 0.5) is 0 Å². The molecule has 1 heterocycles. The van der Waals surface area contributed by atoms with E-state index in [1.807, 2.05) is 30.3 Å². The molecule has 0 radical (unpaired) electrons. The van der Waals surface area contributed by atoms with E-state index in [0.717, 1.165) is 15.0 Å². The highest BCUT2D eigenvalue weighted by Gasteiger charge is 2.30. The summed E-state index contributed by atoms with van der Waals surface area (Å²) >= 11 is 13.8. The summed E-state index contributed by atoms with van der Waals surface area (Å²) in [5.41, 5.74) is -0.538. The van der Waals surface area contributed by atoms with Crippen LogP contribution < -0.4 is 0 Å². The lowest BCUT2D eigenvalue weighted by atomic mass is 9.94. The average molecular weight is 323 g/mol. The molecule has 0 bridgehead atoms. The van der Waals surface area contributed by atoms with Gasteiger partial charge in [-0.3, -0.25) is 0 Å². The van der Waals surface area contributed by atoms with Crippen molar-refractivity contribution in [3.63, 3.8) is 0 Å². The molecule has 0 aliphatic heterocycles. The third-order valence-electron chi connectivity index (χ3n) is 3.36. The third-order valence-corrected chi connectivity index (χ3v) is 5.25. The van der Waals surface area contributed by atoms with E-state index in [9.17, 15) is 5.11 Å². The summed E-state index contributed by atoms with van der Waals surface area (Å²) in [6, 6.07) is 15.2. The highest BCUT2D eigenvalue weighted by Crippen LogP contribution is 2.40. The van der Waals surface area contributed by atoms with E-state index in [-0.39, 0.29) is 0 Å². The minimum absolute atomic E-state index is 0.511. The number of halogens is 2. The van der Waals surface area contributed by atoms with E-state index in [1.165, 1.54) is 0 Å². The summed E-state index contributed by atoms with van der Waals surface area (Å²) < 4.78 is 1.14. The number of hydrogen-bond donors (Lipinski definition) is 1. The predicted molar refractivity (Wildman–Crippen MR) is 87.0 cm³/mol. The molecule has 2 aromatic carbocycles. The zero-order valence-electron chi connectivity index (χ0n) is 10.7. The average Bonchev–Trinajstić information content (AvgIpc) is 2.86. The highest BCUT2D eigenvalue weighted by molar-refractivity contribution is 7.19. The van der Waals surface area contributed by atoms with Gasteiger partial charge in [0.05, 0.1) is 0 Å². The molecule has 0 fully saturated rings. The molecule has 1 N–H and O–H groups in total. The first-order valence-electron chi connectivity index (χ1n) is 6.15. The van der Waals surface area contributed by atoms with Crippen molar-refractivity contribution in [2.24, 2.45) is 0 Å². The Morgan fingerprint density at radius 2 is 1.80 bits per heavy atom. The number of benzene rings is 2. The van der Waals surface area contributed by atoms with Gasteiger partial charge in [-0.15, -0.1) is 11.3 Å². The van der Waals surface area contributed by atoms with Gasteiger partial charge in [0.1, 0.15) is 5.60 Å². The van der Waals surface area contributed by atoms with Gasteiger partial charge in [-0.25, -0.2) is 0 Å². The van der Waals surface area contributed by atoms with Gasteiger partial charge >= 0.3 is 0 Å². The SMILES string of the molecule is CC(O)(c1cc2ccccc2s1)c1cc(Cl)ccc1Cl. The van der Waals surface area contributed by atoms with Crippen molar-refractivity contribution in [3.8, 4) is 0 Å². The first-order chi connectivity index (χ1) is 9.48. The molecule has 4 heteroatoms. The second kappa shape index (κ2) is 5.05. The number of hydrogen-bond acceptors (Lipinski definition) is 2. The van der Waals surface area contributed by atoms with E-state index < -0.39 is 5.60 Å². The van der Waals surface area contributed by atoms with Crippen molar-refractivity contribution in [1.82, 2.24) is 0 Å². The monoisotopic (exact) mass is 322 g/mol. The van der Waals surface area contributed by atoms with Crippen LogP contribution in [0.1, 0.15) is 17.4 Å². The van der Waals surface area contributed by atoms with Crippen molar-refractivity contribution in [3.05, 3.63) is 69.0 Å². The van der Waals surface area contributed by atoms with Crippen molar-refractivity contribution >= 4 is 44.6 Å². The van der Waals surface area contributed by atoms with Gasteiger partial charge in [-0.1, -0.05) is 41.4 Å². The van der Waals surface area contributed by atoms with Crippen LogP contribution in [-0.4, -0.2) is 5.11 Å². The van der Waals surface area contributed by atoms with Crippen LogP contribution >= 0.6 is 34.5 Å². The quantitative estimate of drug-likeness (QED) is 0.663. The Bertz CT molecular complexity index is 744. The molecule has 0 aliphatic carbocycles. The number of aliphatic hydroxyl groups is 1. The molecule has 0 amide bonds. The Hall–Kier alpha value is -1.06. The van der Waals surface area contributed by atoms with Crippen LogP contribution in [0, 0.1) is 0 Å². The first-order valence-corrected chi connectivity index (χ1v) is 7.72. The summed E-state index contributed by atoms with van der Waals surface area (Å²) in [6.45, 7) is 1.75. The molecule has 0 aliphatic rings. The minimum atomic E-state index is -1.16. The van der Waals surface area contributed by atoms with Gasteiger partial charge in [0.25, 0.3) is 0 Å². The predicted octanol–water partition coefficient (Wildman–Crippen LogP) is 5.46. The fourth-order valence-electron chi connectivity index (χ4n) is 2.23. The lowest BCUT2D eigenvalue weighted by molar-refractivity contribution is 0.106. The van der Waals surface area contributed by atoms with Gasteiger partial charge in [-0.05, 0) is 42.6 Å². The van der Waals surface area contributed by atoms with Gasteiger partial charge < -0.3 is 5.11 Å². The molecule has 0 spiro atoms. The van der Waals surface area contributed by atoms with Gasteiger partial charge in [0, 0.05) is 25.2 Å². The minimum Gasteiger partial charge on any atom is -0.380 e. The van der Waals surface area contributed by atoms with E-state index in [1.54, 1.807) is 36.5 Å². The van der Waals surface area contributed by atoms with Crippen molar-refractivity contribution < 1.29 is 5.11 Å². The largest absolute Gasteiger partial charge is 0.380 e. The van der Waals surface area contributed by atoms with E-state index >= 15 is 0 Å². The fourth-order valence-corrected chi connectivity index (χ4v) is 3.82. The maximum Gasteiger partial charge on any atom is 0.122 e. The lowest BCUT2D eigenvalue weighted by Gasteiger charge is -2.23. The van der Waals surface area contributed by atoms with Crippen molar-refractivity contribution in [2.75, 3.05) is 0 Å². The Labute approximate surface area is 131 Å². The Morgan fingerprint density at radius 1 is 1.05 bits per heavy atom. The molecular formula is C16H12Cl2OS. The number of fused-ring (bicyclic) bond motifs is 1. The van der Waals surface area contributed by atoms with Crippen LogP contribution in [0.15, 0.2) is 48.5 Å². The zero-order chi connectivity index (χ0) is 14.3. The lowest BCUT2D eigenvalue weighted by Crippen LogP contribution is -2.21. The molecule has 0 saturated heterocycles. The molecule has 20 heavy (non-hydrogen) atoms. The first kappa shape index (κ1) is 13.9. The summed E-state index contributed by atoms with van der Waals surface area (Å²) in [5.74, 6) is 0. The Morgan fingerprint density at radius 3 is 2.55 bits per heavy atom. The van der Waals surface area contributed by atoms with Gasteiger partial charge in [0.2, 0.25) is 0 Å². The van der Waals surface area contributed by atoms with Crippen LogP contribution in [0.2, 0.25) is 10.0 Å². The van der Waals surface area contributed by atoms with E-state index in [2.05, 4.69) is 0 Å².